The van der Waals surface area contributed by atoms with Crippen LogP contribution in [0.25, 0.3) is 0 Å². The zero-order chi connectivity index (χ0) is 31.4. The topological polar surface area (TPSA) is 96.0 Å². The second-order valence-electron chi connectivity index (χ2n) is 11.0. The van der Waals surface area contributed by atoms with Gasteiger partial charge in [-0.1, -0.05) is 54.6 Å². The van der Waals surface area contributed by atoms with Crippen molar-refractivity contribution >= 4 is 21.8 Å². The van der Waals surface area contributed by atoms with Crippen LogP contribution in [0.15, 0.2) is 83.8 Å². The summed E-state index contributed by atoms with van der Waals surface area (Å²) in [6.07, 6.45) is 3.18. The molecule has 1 fully saturated rings. The van der Waals surface area contributed by atoms with Crippen molar-refractivity contribution in [1.82, 2.24) is 14.5 Å². The first-order valence-corrected chi connectivity index (χ1v) is 16.7. The summed E-state index contributed by atoms with van der Waals surface area (Å²) in [7, 11) is -3.52. The molecule has 1 aliphatic heterocycles. The number of nitrogens with one attached hydrogen (secondary N) is 1. The highest BCUT2D eigenvalue weighted by Gasteiger charge is 2.30. The average Bonchev–Trinajstić information content (AvgIpc) is 3.59. The highest BCUT2D eigenvalue weighted by molar-refractivity contribution is 7.89. The maximum Gasteiger partial charge on any atom is 0.243 e. The molecule has 1 atom stereocenters. The van der Waals surface area contributed by atoms with Crippen molar-refractivity contribution in [1.29, 1.82) is 0 Å². The SMILES string of the molecule is CCOCCCNC(=O)C(Cc1ccccc1)N(Cc1ccc(F)cc1)C(=O)CCc1ccc(S(=O)(=O)N2CCCC2)cc1. The van der Waals surface area contributed by atoms with Crippen molar-refractivity contribution in [2.24, 2.45) is 0 Å². The third-order valence-electron chi connectivity index (χ3n) is 7.76. The summed E-state index contributed by atoms with van der Waals surface area (Å²) in [6, 6.07) is 21.3. The molecule has 3 aromatic rings. The van der Waals surface area contributed by atoms with E-state index in [0.717, 1.165) is 24.0 Å². The van der Waals surface area contributed by atoms with Crippen LogP contribution in [0.4, 0.5) is 4.39 Å². The fraction of sp³-hybridized carbons (Fsp3) is 0.412. The van der Waals surface area contributed by atoms with Gasteiger partial charge < -0.3 is 15.0 Å². The van der Waals surface area contributed by atoms with Crippen LogP contribution in [0.2, 0.25) is 0 Å². The van der Waals surface area contributed by atoms with E-state index in [9.17, 15) is 22.4 Å². The molecule has 1 N–H and O–H groups in total. The monoisotopic (exact) mass is 623 g/mol. The number of hydrogen-bond donors (Lipinski definition) is 1. The predicted molar refractivity (Wildman–Crippen MR) is 168 cm³/mol. The number of halogens is 1. The number of aryl methyl sites for hydroxylation is 1. The molecular weight excluding hydrogens is 581 g/mol. The lowest BCUT2D eigenvalue weighted by Crippen LogP contribution is -2.50. The first kappa shape index (κ1) is 33.3. The second kappa shape index (κ2) is 16.5. The van der Waals surface area contributed by atoms with E-state index in [1.54, 1.807) is 41.3 Å². The highest BCUT2D eigenvalue weighted by atomic mass is 32.2. The van der Waals surface area contributed by atoms with E-state index >= 15 is 0 Å². The number of ether oxygens (including phenoxy) is 1. The lowest BCUT2D eigenvalue weighted by atomic mass is 10.0. The third kappa shape index (κ3) is 9.45. The largest absolute Gasteiger partial charge is 0.382 e. The molecule has 0 bridgehead atoms. The summed E-state index contributed by atoms with van der Waals surface area (Å²) in [6.45, 7) is 4.65. The minimum absolute atomic E-state index is 0.113. The number of nitrogens with zero attached hydrogens (tertiary/aromatic N) is 2. The van der Waals surface area contributed by atoms with Crippen LogP contribution in [0, 0.1) is 5.82 Å². The Morgan fingerprint density at radius 1 is 0.932 bits per heavy atom. The van der Waals surface area contributed by atoms with Crippen LogP contribution in [0.5, 0.6) is 0 Å². The van der Waals surface area contributed by atoms with E-state index in [2.05, 4.69) is 5.32 Å². The van der Waals surface area contributed by atoms with Gasteiger partial charge >= 0.3 is 0 Å². The first-order chi connectivity index (χ1) is 21.3. The van der Waals surface area contributed by atoms with E-state index in [1.165, 1.54) is 16.4 Å². The number of carbonyl (C=O) groups excluding carboxylic acids is 2. The Hall–Kier alpha value is -3.60. The standard InChI is InChI=1S/C34H42FN3O5S/c1-2-43-24-8-21-36-34(40)32(25-28-9-4-3-5-10-28)38(26-29-11-16-30(35)17-12-29)33(39)20-15-27-13-18-31(19-14-27)44(41,42)37-22-6-7-23-37/h3-5,9-14,16-19,32H,2,6-8,15,20-26H2,1H3,(H,36,40). The fourth-order valence-electron chi connectivity index (χ4n) is 5.29. The Bertz CT molecular complexity index is 1440. The molecule has 0 radical (unpaired) electrons. The van der Waals surface area contributed by atoms with Gasteiger partial charge in [-0.3, -0.25) is 9.59 Å². The molecule has 1 heterocycles. The van der Waals surface area contributed by atoms with E-state index < -0.39 is 16.1 Å². The van der Waals surface area contributed by atoms with Crippen molar-refractivity contribution < 1.29 is 27.1 Å². The summed E-state index contributed by atoms with van der Waals surface area (Å²) in [5.41, 5.74) is 2.44. The van der Waals surface area contributed by atoms with Crippen molar-refractivity contribution in [3.05, 3.63) is 101 Å². The van der Waals surface area contributed by atoms with E-state index in [4.69, 9.17) is 4.74 Å². The lowest BCUT2D eigenvalue weighted by Gasteiger charge is -2.31. The molecule has 0 saturated carbocycles. The molecule has 1 aliphatic rings. The van der Waals surface area contributed by atoms with Gasteiger partial charge in [-0.15, -0.1) is 0 Å². The molecule has 0 aromatic heterocycles. The maximum absolute atomic E-state index is 13.9. The minimum atomic E-state index is -3.52. The number of sulfonamides is 1. The van der Waals surface area contributed by atoms with Gasteiger partial charge in [0, 0.05) is 52.2 Å². The Labute approximate surface area is 260 Å². The maximum atomic E-state index is 13.9. The summed E-state index contributed by atoms with van der Waals surface area (Å²) in [5.74, 6) is -0.875. The van der Waals surface area contributed by atoms with Gasteiger partial charge in [-0.25, -0.2) is 12.8 Å². The molecule has 44 heavy (non-hydrogen) atoms. The van der Waals surface area contributed by atoms with Crippen LogP contribution in [-0.2, 0) is 43.7 Å². The van der Waals surface area contributed by atoms with Crippen LogP contribution >= 0.6 is 0 Å². The van der Waals surface area contributed by atoms with Crippen molar-refractivity contribution in [2.75, 3.05) is 32.8 Å². The van der Waals surface area contributed by atoms with E-state index in [-0.39, 0.29) is 35.5 Å². The zero-order valence-corrected chi connectivity index (χ0v) is 26.1. The quantitative estimate of drug-likeness (QED) is 0.233. The van der Waals surface area contributed by atoms with Crippen molar-refractivity contribution in [2.45, 2.75) is 62.9 Å². The van der Waals surface area contributed by atoms with Gasteiger partial charge in [0.15, 0.2) is 0 Å². The van der Waals surface area contributed by atoms with Gasteiger partial charge in [0.2, 0.25) is 21.8 Å². The first-order valence-electron chi connectivity index (χ1n) is 15.3. The minimum Gasteiger partial charge on any atom is -0.382 e. The fourth-order valence-corrected chi connectivity index (χ4v) is 6.81. The zero-order valence-electron chi connectivity index (χ0n) is 25.3. The van der Waals surface area contributed by atoms with E-state index in [1.807, 2.05) is 37.3 Å². The molecule has 1 unspecified atom stereocenters. The van der Waals surface area contributed by atoms with Crippen LogP contribution < -0.4 is 5.32 Å². The molecule has 0 spiro atoms. The van der Waals surface area contributed by atoms with Gasteiger partial charge in [0.25, 0.3) is 0 Å². The molecule has 2 amide bonds. The number of benzene rings is 3. The molecule has 10 heteroatoms. The number of hydrogen-bond acceptors (Lipinski definition) is 5. The predicted octanol–water partition coefficient (Wildman–Crippen LogP) is 4.73. The summed E-state index contributed by atoms with van der Waals surface area (Å²) >= 11 is 0. The van der Waals surface area contributed by atoms with Crippen LogP contribution in [-0.4, -0.2) is 68.3 Å². The van der Waals surface area contributed by atoms with Crippen LogP contribution in [0.3, 0.4) is 0 Å². The highest BCUT2D eigenvalue weighted by Crippen LogP contribution is 2.22. The number of amides is 2. The normalized spacial score (nSPS) is 14.3. The number of rotatable bonds is 16. The van der Waals surface area contributed by atoms with Crippen LogP contribution in [0.1, 0.15) is 49.3 Å². The summed E-state index contributed by atoms with van der Waals surface area (Å²) in [5, 5.41) is 2.98. The molecule has 236 valence electrons. The lowest BCUT2D eigenvalue weighted by molar-refractivity contribution is -0.141. The van der Waals surface area contributed by atoms with Crippen molar-refractivity contribution in [3.63, 3.8) is 0 Å². The molecular formula is C34H42FN3O5S. The molecule has 8 nitrogen and oxygen atoms in total. The Balaban J connectivity index is 1.52. The molecule has 0 aliphatic carbocycles. The average molecular weight is 624 g/mol. The summed E-state index contributed by atoms with van der Waals surface area (Å²) < 4.78 is 46.4. The summed E-state index contributed by atoms with van der Waals surface area (Å²) in [4.78, 5) is 29.3. The van der Waals surface area contributed by atoms with Gasteiger partial charge in [0.1, 0.15) is 11.9 Å². The number of carbonyl (C=O) groups is 2. The second-order valence-corrected chi connectivity index (χ2v) is 12.9. The third-order valence-corrected chi connectivity index (χ3v) is 9.67. The van der Waals surface area contributed by atoms with Crippen molar-refractivity contribution in [3.8, 4) is 0 Å². The van der Waals surface area contributed by atoms with E-state index in [0.29, 0.717) is 57.7 Å². The van der Waals surface area contributed by atoms with Gasteiger partial charge in [0.05, 0.1) is 4.90 Å². The molecule has 4 rings (SSSR count). The molecule has 1 saturated heterocycles. The molecule has 3 aromatic carbocycles. The van der Waals surface area contributed by atoms with Gasteiger partial charge in [-0.2, -0.15) is 4.31 Å². The van der Waals surface area contributed by atoms with Gasteiger partial charge in [-0.05, 0) is 73.6 Å². The Morgan fingerprint density at radius 2 is 1.59 bits per heavy atom. The Kier molecular flexibility index (Phi) is 12.5. The Morgan fingerprint density at radius 3 is 2.25 bits per heavy atom. The smallest absolute Gasteiger partial charge is 0.243 e.